The van der Waals surface area contributed by atoms with Gasteiger partial charge in [-0.2, -0.15) is 4.98 Å². The predicted octanol–water partition coefficient (Wildman–Crippen LogP) is 4.36. The number of benzene rings is 1. The van der Waals surface area contributed by atoms with Crippen molar-refractivity contribution >= 4 is 52.3 Å². The molecule has 3 aromatic heterocycles. The minimum Gasteiger partial charge on any atom is -0.491 e. The molecule has 0 bridgehead atoms. The number of carbonyl (C=O) groups is 4. The first-order valence-electron chi connectivity index (χ1n) is 20.9. The van der Waals surface area contributed by atoms with Gasteiger partial charge in [-0.05, 0) is 78.1 Å². The van der Waals surface area contributed by atoms with Crippen LogP contribution in [0.2, 0.25) is 0 Å². The summed E-state index contributed by atoms with van der Waals surface area (Å²) in [6.07, 6.45) is 5.29. The smallest absolute Gasteiger partial charge is 0.306 e. The van der Waals surface area contributed by atoms with Crippen LogP contribution in [0.3, 0.4) is 0 Å². The first-order chi connectivity index (χ1) is 29.7. The minimum absolute atomic E-state index is 0.0795. The third kappa shape index (κ3) is 11.8. The highest BCUT2D eigenvalue weighted by Gasteiger charge is 2.42. The largest absolute Gasteiger partial charge is 0.491 e. The van der Waals surface area contributed by atoms with Crippen molar-refractivity contribution in [1.29, 1.82) is 0 Å². The second-order valence-corrected chi connectivity index (χ2v) is 16.2. The van der Waals surface area contributed by atoms with Crippen LogP contribution in [0.15, 0.2) is 42.7 Å². The number of imide groups is 1. The van der Waals surface area contributed by atoms with Crippen molar-refractivity contribution < 1.29 is 47.6 Å². The number of piperidine rings is 1. The predicted molar refractivity (Wildman–Crippen MR) is 227 cm³/mol. The minimum atomic E-state index is -1.31. The number of methoxy groups -OCH3 is 1. The number of amides is 3. The van der Waals surface area contributed by atoms with E-state index in [1.807, 2.05) is 12.1 Å². The molecule has 0 saturated carbocycles. The van der Waals surface area contributed by atoms with Crippen molar-refractivity contribution in [2.75, 3.05) is 70.1 Å². The molecule has 6 rings (SSSR count). The molecule has 0 radical (unpaired) electrons. The number of nitrogens with two attached hydrogens (primary N) is 1. The Balaban J connectivity index is 0.889. The molecule has 5 heterocycles. The fourth-order valence-electron chi connectivity index (χ4n) is 7.27. The van der Waals surface area contributed by atoms with Crippen LogP contribution in [-0.2, 0) is 39.9 Å². The summed E-state index contributed by atoms with van der Waals surface area (Å²) in [6.45, 7) is 13.1. The normalized spacial score (nSPS) is 15.1. The van der Waals surface area contributed by atoms with Crippen LogP contribution in [0.5, 0.6) is 5.75 Å². The number of primary amides is 1. The highest BCUT2D eigenvalue weighted by atomic mass is 16.6. The van der Waals surface area contributed by atoms with Gasteiger partial charge in [0.2, 0.25) is 11.9 Å². The van der Waals surface area contributed by atoms with Crippen LogP contribution in [-0.4, -0.2) is 131 Å². The molecule has 4 aromatic rings. The van der Waals surface area contributed by atoms with Gasteiger partial charge in [-0.1, -0.05) is 0 Å². The third-order valence-electron chi connectivity index (χ3n) is 10.2. The molecule has 2 aliphatic heterocycles. The summed E-state index contributed by atoms with van der Waals surface area (Å²) in [4.78, 5) is 72.5. The second kappa shape index (κ2) is 20.9. The highest BCUT2D eigenvalue weighted by Crippen LogP contribution is 2.30. The van der Waals surface area contributed by atoms with Gasteiger partial charge in [0, 0.05) is 44.9 Å². The lowest BCUT2D eigenvalue weighted by atomic mass is 10.1. The van der Waals surface area contributed by atoms with E-state index < -0.39 is 35.3 Å². The van der Waals surface area contributed by atoms with Crippen molar-refractivity contribution in [3.8, 4) is 5.75 Å². The molecule has 1 atom stereocenters. The van der Waals surface area contributed by atoms with Crippen LogP contribution in [0.1, 0.15) is 92.9 Å². The topological polar surface area (TPSA) is 225 Å². The molecule has 62 heavy (non-hydrogen) atoms. The SMILES string of the molecule is COC1CCN(c2nccc(Nc3cc4c(cn3)nc(COCCOCCOCCOc3ccc5c(c3)C(=O)N(C(CCC(=O)OC(C)(C)C)C(N)=O)C5=O)n4C(C)C)n2)CC1. The molecule has 334 valence electrons. The summed E-state index contributed by atoms with van der Waals surface area (Å²) in [5.41, 5.74) is 6.71. The number of aromatic nitrogens is 5. The molecular weight excluding hydrogens is 803 g/mol. The molecule has 1 fully saturated rings. The van der Waals surface area contributed by atoms with E-state index >= 15 is 0 Å². The molecule has 19 nitrogen and oxygen atoms in total. The average molecular weight is 860 g/mol. The van der Waals surface area contributed by atoms with E-state index in [1.165, 1.54) is 12.1 Å². The van der Waals surface area contributed by atoms with E-state index in [0.29, 0.717) is 56.4 Å². The molecule has 19 heteroatoms. The lowest BCUT2D eigenvalue weighted by Gasteiger charge is -2.31. The number of rotatable bonds is 22. The molecule has 2 aliphatic rings. The summed E-state index contributed by atoms with van der Waals surface area (Å²) in [5, 5.41) is 3.33. The van der Waals surface area contributed by atoms with Gasteiger partial charge >= 0.3 is 5.97 Å². The number of ether oxygens (including phenoxy) is 6. The summed E-state index contributed by atoms with van der Waals surface area (Å²) < 4.78 is 35.9. The van der Waals surface area contributed by atoms with Gasteiger partial charge in [0.25, 0.3) is 11.8 Å². The van der Waals surface area contributed by atoms with Crippen molar-refractivity contribution in [3.05, 3.63) is 59.7 Å². The number of hydrogen-bond acceptors (Lipinski definition) is 16. The number of pyridine rings is 1. The van der Waals surface area contributed by atoms with Crippen LogP contribution < -0.4 is 20.7 Å². The zero-order valence-electron chi connectivity index (χ0n) is 36.3. The molecule has 1 saturated heterocycles. The number of nitrogens with zero attached hydrogens (tertiary/aromatic N) is 7. The molecule has 0 aliphatic carbocycles. The Hall–Kier alpha value is -5.76. The molecule has 1 unspecified atom stereocenters. The van der Waals surface area contributed by atoms with Gasteiger partial charge < -0.3 is 48.9 Å². The maximum Gasteiger partial charge on any atom is 0.306 e. The number of esters is 1. The lowest BCUT2D eigenvalue weighted by Crippen LogP contribution is -2.48. The number of imidazole rings is 1. The van der Waals surface area contributed by atoms with Gasteiger partial charge in [0.1, 0.15) is 53.6 Å². The monoisotopic (exact) mass is 859 g/mol. The number of nitrogens with one attached hydrogen (secondary N) is 1. The van der Waals surface area contributed by atoms with Gasteiger partial charge in [-0.15, -0.1) is 0 Å². The Morgan fingerprint density at radius 1 is 0.887 bits per heavy atom. The van der Waals surface area contributed by atoms with E-state index in [-0.39, 0.29) is 49.3 Å². The van der Waals surface area contributed by atoms with Crippen molar-refractivity contribution in [2.24, 2.45) is 5.73 Å². The molecule has 0 spiro atoms. The van der Waals surface area contributed by atoms with Gasteiger partial charge in [0.15, 0.2) is 0 Å². The Morgan fingerprint density at radius 3 is 2.26 bits per heavy atom. The molecule has 1 aromatic carbocycles. The van der Waals surface area contributed by atoms with E-state index in [0.717, 1.165) is 47.7 Å². The molecule has 3 N–H and O–H groups in total. The van der Waals surface area contributed by atoms with Crippen LogP contribution in [0.25, 0.3) is 11.0 Å². The Kier molecular flexibility index (Phi) is 15.4. The third-order valence-corrected chi connectivity index (χ3v) is 10.2. The summed E-state index contributed by atoms with van der Waals surface area (Å²) in [5.74, 6) is 0.276. The van der Waals surface area contributed by atoms with Gasteiger partial charge in [-0.3, -0.25) is 24.1 Å². The van der Waals surface area contributed by atoms with E-state index in [4.69, 9.17) is 44.1 Å². The van der Waals surface area contributed by atoms with E-state index in [1.54, 1.807) is 46.3 Å². The highest BCUT2D eigenvalue weighted by molar-refractivity contribution is 6.23. The van der Waals surface area contributed by atoms with Gasteiger partial charge in [0.05, 0.1) is 62.0 Å². The van der Waals surface area contributed by atoms with E-state index in [2.05, 4.69) is 38.6 Å². The first-order valence-corrected chi connectivity index (χ1v) is 20.9. The van der Waals surface area contributed by atoms with Crippen LogP contribution in [0.4, 0.5) is 17.6 Å². The number of hydrogen-bond donors (Lipinski definition) is 2. The Labute approximate surface area is 360 Å². The second-order valence-electron chi connectivity index (χ2n) is 16.2. The fraction of sp³-hybridized carbons (Fsp3) is 0.535. The first kappa shape index (κ1) is 45.8. The number of anilines is 3. The Morgan fingerprint density at radius 2 is 1.58 bits per heavy atom. The Bertz CT molecular complexity index is 2200. The van der Waals surface area contributed by atoms with Crippen molar-refractivity contribution in [3.63, 3.8) is 0 Å². The summed E-state index contributed by atoms with van der Waals surface area (Å²) in [7, 11) is 1.75. The summed E-state index contributed by atoms with van der Waals surface area (Å²) in [6, 6.07) is 7.06. The lowest BCUT2D eigenvalue weighted by molar-refractivity contribution is -0.155. The standard InChI is InChI=1S/C43H57N9O10/c1-27(2)51-34-24-36(48-35-11-14-45-42(49-35)50-15-12-28(57-6)13-16-50)46-25-32(34)47-37(51)26-60-20-19-58-17-18-59-21-22-61-29-7-8-30-31(23-29)41(56)52(40(30)55)33(39(44)54)9-10-38(53)62-43(3,4)5/h7-8,11,14,23-25,27-28,33H,9-10,12-13,15-22,26H2,1-6H3,(H2,44,54)(H,45,46,48,49). The zero-order chi connectivity index (χ0) is 44.4. The molecule has 3 amide bonds. The zero-order valence-corrected chi connectivity index (χ0v) is 36.3. The van der Waals surface area contributed by atoms with Crippen LogP contribution in [0, 0.1) is 0 Å². The van der Waals surface area contributed by atoms with Gasteiger partial charge in [-0.25, -0.2) is 15.0 Å². The van der Waals surface area contributed by atoms with Crippen molar-refractivity contribution in [2.45, 2.75) is 90.7 Å². The number of carbonyl (C=O) groups excluding carboxylic acids is 4. The quantitative estimate of drug-likeness (QED) is 0.0636. The average Bonchev–Trinajstić information content (AvgIpc) is 3.72. The maximum absolute atomic E-state index is 13.3. The van der Waals surface area contributed by atoms with E-state index in [9.17, 15) is 19.2 Å². The fourth-order valence-corrected chi connectivity index (χ4v) is 7.27. The summed E-state index contributed by atoms with van der Waals surface area (Å²) >= 11 is 0. The van der Waals surface area contributed by atoms with Crippen molar-refractivity contribution in [1.82, 2.24) is 29.4 Å². The number of fused-ring (bicyclic) bond motifs is 2. The van der Waals surface area contributed by atoms with Crippen LogP contribution >= 0.6 is 0 Å². The maximum atomic E-state index is 13.3. The molecular formula is C43H57N9O10.